The Hall–Kier alpha value is -1.84. The first kappa shape index (κ1) is 14.6. The van der Waals surface area contributed by atoms with E-state index in [1.165, 1.54) is 0 Å². The van der Waals surface area contributed by atoms with Crippen LogP contribution >= 0.6 is 0 Å². The van der Waals surface area contributed by atoms with Gasteiger partial charge in [0.1, 0.15) is 5.54 Å². The van der Waals surface area contributed by atoms with Crippen LogP contribution in [0.15, 0.2) is 24.3 Å². The van der Waals surface area contributed by atoms with E-state index in [0.29, 0.717) is 12.0 Å². The number of hydrogen-bond donors (Lipinski definition) is 2. The van der Waals surface area contributed by atoms with Gasteiger partial charge in [-0.25, -0.2) is 4.79 Å². The van der Waals surface area contributed by atoms with Crippen LogP contribution in [-0.2, 0) is 4.79 Å². The quantitative estimate of drug-likeness (QED) is 0.891. The maximum atomic E-state index is 12.3. The molecule has 1 aromatic carbocycles. The molecule has 20 heavy (non-hydrogen) atoms. The first-order valence-corrected chi connectivity index (χ1v) is 7.08. The third kappa shape index (κ3) is 2.69. The second-order valence-corrected chi connectivity index (χ2v) is 5.75. The zero-order chi connectivity index (χ0) is 14.8. The Morgan fingerprint density at radius 2 is 2.10 bits per heavy atom. The van der Waals surface area contributed by atoms with E-state index >= 15 is 0 Å². The highest BCUT2D eigenvalue weighted by Crippen LogP contribution is 2.34. The minimum atomic E-state index is -1.13. The molecule has 4 nitrogen and oxygen atoms in total. The average molecular weight is 275 g/mol. The molecule has 1 fully saturated rings. The number of carbonyl (C=O) groups excluding carboxylic acids is 1. The summed E-state index contributed by atoms with van der Waals surface area (Å²) in [5.41, 5.74) is 0.376. The van der Waals surface area contributed by atoms with E-state index < -0.39 is 11.5 Å². The lowest BCUT2D eigenvalue weighted by molar-refractivity contribution is -0.148. The Kier molecular flexibility index (Phi) is 4.12. The summed E-state index contributed by atoms with van der Waals surface area (Å²) in [5, 5.41) is 12.4. The number of rotatable bonds is 3. The monoisotopic (exact) mass is 275 g/mol. The molecule has 2 N–H and O–H groups in total. The molecule has 2 atom stereocenters. The van der Waals surface area contributed by atoms with Crippen molar-refractivity contribution in [3.05, 3.63) is 35.4 Å². The van der Waals surface area contributed by atoms with E-state index in [1.807, 2.05) is 26.0 Å². The summed E-state index contributed by atoms with van der Waals surface area (Å²) < 4.78 is 0. The number of aryl methyl sites for hydroxylation is 1. The van der Waals surface area contributed by atoms with Gasteiger partial charge in [0.2, 0.25) is 0 Å². The molecule has 1 amide bonds. The lowest BCUT2D eigenvalue weighted by Gasteiger charge is -2.39. The highest BCUT2D eigenvalue weighted by atomic mass is 16.4. The van der Waals surface area contributed by atoms with Gasteiger partial charge in [0.15, 0.2) is 0 Å². The molecule has 0 heterocycles. The number of carboxylic acid groups (broad SMARTS) is 1. The first-order chi connectivity index (χ1) is 9.45. The summed E-state index contributed by atoms with van der Waals surface area (Å²) in [6, 6.07) is 7.21. The molecule has 1 aliphatic rings. The number of benzene rings is 1. The third-order valence-corrected chi connectivity index (χ3v) is 4.30. The van der Waals surface area contributed by atoms with Crippen molar-refractivity contribution in [3.63, 3.8) is 0 Å². The molecule has 0 aliphatic heterocycles. The van der Waals surface area contributed by atoms with Crippen LogP contribution in [0, 0.1) is 12.8 Å². The molecular weight excluding hydrogens is 254 g/mol. The molecule has 2 rings (SSSR count). The van der Waals surface area contributed by atoms with Crippen molar-refractivity contribution in [2.24, 2.45) is 5.92 Å². The van der Waals surface area contributed by atoms with Gasteiger partial charge in [-0.2, -0.15) is 0 Å². The van der Waals surface area contributed by atoms with Gasteiger partial charge in [-0.1, -0.05) is 37.5 Å². The molecule has 1 aliphatic carbocycles. The summed E-state index contributed by atoms with van der Waals surface area (Å²) in [6.45, 7) is 3.82. The van der Waals surface area contributed by atoms with Crippen LogP contribution in [0.25, 0.3) is 0 Å². The lowest BCUT2D eigenvalue weighted by Crippen LogP contribution is -2.60. The Balaban J connectivity index is 2.24. The Labute approximate surface area is 119 Å². The average Bonchev–Trinajstić information content (AvgIpc) is 2.41. The molecule has 1 saturated carbocycles. The van der Waals surface area contributed by atoms with Gasteiger partial charge in [-0.05, 0) is 37.8 Å². The van der Waals surface area contributed by atoms with Crippen LogP contribution in [-0.4, -0.2) is 22.5 Å². The molecule has 4 heteroatoms. The van der Waals surface area contributed by atoms with Crippen molar-refractivity contribution < 1.29 is 14.7 Å². The number of aliphatic carboxylic acids is 1. The molecular formula is C16H21NO3. The molecule has 2 unspecified atom stereocenters. The number of hydrogen-bond acceptors (Lipinski definition) is 2. The molecule has 0 radical (unpaired) electrons. The largest absolute Gasteiger partial charge is 0.479 e. The van der Waals surface area contributed by atoms with Crippen molar-refractivity contribution in [2.45, 2.75) is 45.1 Å². The number of amides is 1. The van der Waals surface area contributed by atoms with Gasteiger partial charge < -0.3 is 10.4 Å². The van der Waals surface area contributed by atoms with E-state index in [0.717, 1.165) is 24.8 Å². The molecule has 0 bridgehead atoms. The van der Waals surface area contributed by atoms with E-state index in [9.17, 15) is 14.7 Å². The van der Waals surface area contributed by atoms with E-state index in [-0.39, 0.29) is 11.8 Å². The minimum absolute atomic E-state index is 0.0532. The molecule has 0 aromatic heterocycles. The molecule has 0 spiro atoms. The van der Waals surface area contributed by atoms with Crippen molar-refractivity contribution in [3.8, 4) is 0 Å². The van der Waals surface area contributed by atoms with Crippen LogP contribution in [0.1, 0.15) is 48.5 Å². The van der Waals surface area contributed by atoms with Gasteiger partial charge in [0.05, 0.1) is 0 Å². The fraction of sp³-hybridized carbons (Fsp3) is 0.500. The predicted octanol–water partition coefficient (Wildman–Crippen LogP) is 2.76. The predicted molar refractivity (Wildman–Crippen MR) is 76.6 cm³/mol. The van der Waals surface area contributed by atoms with E-state index in [1.54, 1.807) is 12.1 Å². The fourth-order valence-electron chi connectivity index (χ4n) is 2.97. The lowest BCUT2D eigenvalue weighted by atomic mass is 9.73. The van der Waals surface area contributed by atoms with Crippen LogP contribution in [0.4, 0.5) is 0 Å². The summed E-state index contributed by atoms with van der Waals surface area (Å²) >= 11 is 0. The van der Waals surface area contributed by atoms with Gasteiger partial charge in [0.25, 0.3) is 5.91 Å². The zero-order valence-electron chi connectivity index (χ0n) is 12.0. The molecule has 0 saturated heterocycles. The number of carboxylic acids is 1. The van der Waals surface area contributed by atoms with E-state index in [2.05, 4.69) is 5.32 Å². The number of carbonyl (C=O) groups is 2. The highest BCUT2D eigenvalue weighted by Gasteiger charge is 2.46. The summed E-state index contributed by atoms with van der Waals surface area (Å²) in [6.07, 6.45) is 3.20. The first-order valence-electron chi connectivity index (χ1n) is 7.08. The topological polar surface area (TPSA) is 66.4 Å². The van der Waals surface area contributed by atoms with E-state index in [4.69, 9.17) is 0 Å². The fourth-order valence-corrected chi connectivity index (χ4v) is 2.97. The molecule has 108 valence electrons. The van der Waals surface area contributed by atoms with Crippen molar-refractivity contribution in [1.29, 1.82) is 0 Å². The van der Waals surface area contributed by atoms with Crippen LogP contribution in [0.5, 0.6) is 0 Å². The maximum Gasteiger partial charge on any atom is 0.329 e. The van der Waals surface area contributed by atoms with Crippen LogP contribution < -0.4 is 5.32 Å². The molecule has 1 aromatic rings. The second-order valence-electron chi connectivity index (χ2n) is 5.75. The Morgan fingerprint density at radius 3 is 2.70 bits per heavy atom. The van der Waals surface area contributed by atoms with Crippen molar-refractivity contribution in [1.82, 2.24) is 5.32 Å². The van der Waals surface area contributed by atoms with Crippen LogP contribution in [0.2, 0.25) is 0 Å². The highest BCUT2D eigenvalue weighted by molar-refractivity contribution is 5.98. The SMILES string of the molecule is Cc1cccc(C(=O)NC2(C(=O)O)CCCCC2C)c1. The maximum absolute atomic E-state index is 12.3. The van der Waals surface area contributed by atoms with Gasteiger partial charge in [-0.15, -0.1) is 0 Å². The summed E-state index contributed by atoms with van der Waals surface area (Å²) in [5.74, 6) is -1.28. The Bertz CT molecular complexity index is 526. The summed E-state index contributed by atoms with van der Waals surface area (Å²) in [4.78, 5) is 24.1. The second kappa shape index (κ2) is 5.65. The summed E-state index contributed by atoms with van der Waals surface area (Å²) in [7, 11) is 0. The number of nitrogens with one attached hydrogen (secondary N) is 1. The smallest absolute Gasteiger partial charge is 0.329 e. The zero-order valence-corrected chi connectivity index (χ0v) is 12.0. The minimum Gasteiger partial charge on any atom is -0.479 e. The standard InChI is InChI=1S/C16H21NO3/c1-11-6-5-8-13(10-11)14(18)17-16(15(19)20)9-4-3-7-12(16)2/h5-6,8,10,12H,3-4,7,9H2,1-2H3,(H,17,18)(H,19,20). The normalized spacial score (nSPS) is 26.0. The van der Waals surface area contributed by atoms with Gasteiger partial charge >= 0.3 is 5.97 Å². The van der Waals surface area contributed by atoms with Crippen molar-refractivity contribution >= 4 is 11.9 Å². The van der Waals surface area contributed by atoms with Gasteiger partial charge in [-0.3, -0.25) is 4.79 Å². The van der Waals surface area contributed by atoms with Crippen LogP contribution in [0.3, 0.4) is 0 Å². The third-order valence-electron chi connectivity index (χ3n) is 4.30. The van der Waals surface area contributed by atoms with Crippen molar-refractivity contribution in [2.75, 3.05) is 0 Å². The Morgan fingerprint density at radius 1 is 1.35 bits per heavy atom. The van der Waals surface area contributed by atoms with Gasteiger partial charge in [0, 0.05) is 5.56 Å².